The van der Waals surface area contributed by atoms with Crippen molar-refractivity contribution in [3.05, 3.63) is 47.1 Å². The maximum atomic E-state index is 4.51. The van der Waals surface area contributed by atoms with Gasteiger partial charge >= 0.3 is 0 Å². The molecule has 0 aliphatic heterocycles. The number of nitrogens with one attached hydrogen (secondary N) is 1. The number of aromatic nitrogens is 1. The van der Waals surface area contributed by atoms with Crippen LogP contribution < -0.4 is 5.32 Å². The van der Waals surface area contributed by atoms with E-state index in [1.165, 1.54) is 19.3 Å². The summed E-state index contributed by atoms with van der Waals surface area (Å²) in [5.74, 6) is 0. The lowest BCUT2D eigenvalue weighted by molar-refractivity contribution is 0.674. The lowest BCUT2D eigenvalue weighted by atomic mass is 10.0. The molecule has 1 aliphatic carbocycles. The highest BCUT2D eigenvalue weighted by Gasteiger charge is 2.10. The van der Waals surface area contributed by atoms with Crippen molar-refractivity contribution >= 4 is 32.5 Å². The highest BCUT2D eigenvalue weighted by molar-refractivity contribution is 9.10. The minimum absolute atomic E-state index is 0.440. The third-order valence-corrected chi connectivity index (χ3v) is 3.71. The number of rotatable bonds is 2. The number of allylic oxidation sites excluding steroid dienone is 1. The lowest BCUT2D eigenvalue weighted by Gasteiger charge is -2.20. The van der Waals surface area contributed by atoms with E-state index in [2.05, 4.69) is 62.6 Å². The van der Waals surface area contributed by atoms with Gasteiger partial charge in [-0.3, -0.25) is 4.98 Å². The van der Waals surface area contributed by atoms with Gasteiger partial charge in [0.25, 0.3) is 0 Å². The Morgan fingerprint density at radius 3 is 3.11 bits per heavy atom. The van der Waals surface area contributed by atoms with E-state index in [0.717, 1.165) is 21.1 Å². The maximum absolute atomic E-state index is 4.51. The number of para-hydroxylation sites is 1. The first kappa shape index (κ1) is 11.7. The van der Waals surface area contributed by atoms with Crippen molar-refractivity contribution in [2.24, 2.45) is 0 Å². The molecule has 0 bridgehead atoms. The van der Waals surface area contributed by atoms with Crippen molar-refractivity contribution in [3.63, 3.8) is 0 Å². The Balaban J connectivity index is 1.96. The van der Waals surface area contributed by atoms with Crippen LogP contribution in [0.25, 0.3) is 10.9 Å². The fourth-order valence-electron chi connectivity index (χ4n) is 2.38. The molecule has 1 N–H and O–H groups in total. The number of hydrogen-bond donors (Lipinski definition) is 1. The average Bonchev–Trinajstić information content (AvgIpc) is 2.40. The molecule has 1 heterocycles. The number of nitrogens with zero attached hydrogens (tertiary/aromatic N) is 1. The molecule has 3 heteroatoms. The average molecular weight is 303 g/mol. The molecule has 1 aromatic carbocycles. The minimum atomic E-state index is 0.440. The van der Waals surface area contributed by atoms with Gasteiger partial charge in [0.2, 0.25) is 0 Å². The van der Waals surface area contributed by atoms with E-state index in [9.17, 15) is 0 Å². The zero-order valence-electron chi connectivity index (χ0n) is 10.1. The van der Waals surface area contributed by atoms with Gasteiger partial charge in [-0.05, 0) is 47.3 Å². The van der Waals surface area contributed by atoms with Crippen LogP contribution in [0.1, 0.15) is 19.3 Å². The van der Waals surface area contributed by atoms with Crippen LogP contribution in [-0.2, 0) is 0 Å². The van der Waals surface area contributed by atoms with Crippen LogP contribution in [0.2, 0.25) is 0 Å². The Kier molecular flexibility index (Phi) is 3.33. The molecule has 0 saturated heterocycles. The van der Waals surface area contributed by atoms with Gasteiger partial charge in [-0.25, -0.2) is 0 Å². The van der Waals surface area contributed by atoms with Crippen LogP contribution in [-0.4, -0.2) is 11.0 Å². The first-order valence-electron chi connectivity index (χ1n) is 6.30. The Bertz CT molecular complexity index is 592. The third kappa shape index (κ3) is 2.41. The normalized spacial score (nSPS) is 19.1. The van der Waals surface area contributed by atoms with Gasteiger partial charge < -0.3 is 5.32 Å². The molecule has 0 saturated carbocycles. The summed E-state index contributed by atoms with van der Waals surface area (Å²) in [6, 6.07) is 8.81. The van der Waals surface area contributed by atoms with Gasteiger partial charge in [-0.15, -0.1) is 0 Å². The van der Waals surface area contributed by atoms with Crippen molar-refractivity contribution in [1.29, 1.82) is 0 Å². The molecule has 1 atom stereocenters. The standard InChI is InChI=1S/C15H15BrN2/c16-12-9-11-5-4-8-14(15(11)17-10-12)18-13-6-2-1-3-7-13/h2,4-6,8-10,13,18H,1,3,7H2. The quantitative estimate of drug-likeness (QED) is 0.825. The molecule has 1 aromatic heterocycles. The van der Waals surface area contributed by atoms with Crippen LogP contribution in [0, 0.1) is 0 Å². The van der Waals surface area contributed by atoms with Gasteiger partial charge in [0, 0.05) is 22.1 Å². The predicted octanol–water partition coefficient (Wildman–Crippen LogP) is 4.52. The molecule has 0 spiro atoms. The monoisotopic (exact) mass is 302 g/mol. The Morgan fingerprint density at radius 2 is 2.28 bits per heavy atom. The van der Waals surface area contributed by atoms with E-state index >= 15 is 0 Å². The molecule has 2 nitrogen and oxygen atoms in total. The van der Waals surface area contributed by atoms with E-state index < -0.39 is 0 Å². The smallest absolute Gasteiger partial charge is 0.0934 e. The van der Waals surface area contributed by atoms with Gasteiger partial charge in [-0.2, -0.15) is 0 Å². The highest BCUT2D eigenvalue weighted by atomic mass is 79.9. The van der Waals surface area contributed by atoms with Crippen molar-refractivity contribution < 1.29 is 0 Å². The molecule has 2 aromatic rings. The number of hydrogen-bond acceptors (Lipinski definition) is 2. The molecule has 0 radical (unpaired) electrons. The van der Waals surface area contributed by atoms with Gasteiger partial charge in [0.05, 0.1) is 11.2 Å². The second-order valence-electron chi connectivity index (χ2n) is 4.64. The molecule has 3 rings (SSSR count). The first-order valence-corrected chi connectivity index (χ1v) is 7.10. The Hall–Kier alpha value is -1.35. The topological polar surface area (TPSA) is 24.9 Å². The fraction of sp³-hybridized carbons (Fsp3) is 0.267. The summed E-state index contributed by atoms with van der Waals surface area (Å²) in [5.41, 5.74) is 2.16. The van der Waals surface area contributed by atoms with Crippen LogP contribution in [0.4, 0.5) is 5.69 Å². The molecule has 1 unspecified atom stereocenters. The molecule has 92 valence electrons. The zero-order valence-corrected chi connectivity index (χ0v) is 11.7. The summed E-state index contributed by atoms with van der Waals surface area (Å²) in [6.45, 7) is 0. The maximum Gasteiger partial charge on any atom is 0.0934 e. The molecule has 1 aliphatic rings. The summed E-state index contributed by atoms with van der Waals surface area (Å²) in [4.78, 5) is 4.51. The summed E-state index contributed by atoms with van der Waals surface area (Å²) < 4.78 is 1.02. The van der Waals surface area contributed by atoms with Gasteiger partial charge in [-0.1, -0.05) is 24.3 Å². The van der Waals surface area contributed by atoms with E-state index in [4.69, 9.17) is 0 Å². The number of pyridine rings is 1. The van der Waals surface area contributed by atoms with Crippen molar-refractivity contribution in [3.8, 4) is 0 Å². The van der Waals surface area contributed by atoms with E-state index in [1.54, 1.807) is 0 Å². The van der Waals surface area contributed by atoms with Crippen LogP contribution in [0.15, 0.2) is 47.1 Å². The van der Waals surface area contributed by atoms with E-state index in [-0.39, 0.29) is 0 Å². The first-order chi connectivity index (χ1) is 8.83. The summed E-state index contributed by atoms with van der Waals surface area (Å²) >= 11 is 3.46. The lowest BCUT2D eigenvalue weighted by Crippen LogP contribution is -2.18. The number of halogens is 1. The predicted molar refractivity (Wildman–Crippen MR) is 79.8 cm³/mol. The van der Waals surface area contributed by atoms with E-state index in [0.29, 0.717) is 6.04 Å². The van der Waals surface area contributed by atoms with Crippen LogP contribution >= 0.6 is 15.9 Å². The number of fused-ring (bicyclic) bond motifs is 1. The third-order valence-electron chi connectivity index (χ3n) is 3.27. The Labute approximate surface area is 115 Å². The summed E-state index contributed by atoms with van der Waals surface area (Å²) in [6.07, 6.45) is 10.0. The molecular formula is C15H15BrN2. The Morgan fingerprint density at radius 1 is 1.33 bits per heavy atom. The van der Waals surface area contributed by atoms with Gasteiger partial charge in [0.15, 0.2) is 0 Å². The molecule has 0 fully saturated rings. The van der Waals surface area contributed by atoms with Crippen LogP contribution in [0.3, 0.4) is 0 Å². The van der Waals surface area contributed by atoms with Gasteiger partial charge in [0.1, 0.15) is 0 Å². The second kappa shape index (κ2) is 5.11. The summed E-state index contributed by atoms with van der Waals surface area (Å²) in [7, 11) is 0. The minimum Gasteiger partial charge on any atom is -0.377 e. The van der Waals surface area contributed by atoms with Crippen molar-refractivity contribution in [2.75, 3.05) is 5.32 Å². The molecular weight excluding hydrogens is 288 g/mol. The zero-order chi connectivity index (χ0) is 12.4. The molecule has 0 amide bonds. The number of benzene rings is 1. The van der Waals surface area contributed by atoms with E-state index in [1.807, 2.05) is 6.20 Å². The SMILES string of the molecule is Brc1cnc2c(NC3C=CCCC3)cccc2c1. The highest BCUT2D eigenvalue weighted by Crippen LogP contribution is 2.25. The second-order valence-corrected chi connectivity index (χ2v) is 5.56. The van der Waals surface area contributed by atoms with Crippen LogP contribution in [0.5, 0.6) is 0 Å². The molecule has 18 heavy (non-hydrogen) atoms. The fourth-order valence-corrected chi connectivity index (χ4v) is 2.73. The van der Waals surface area contributed by atoms with Crippen molar-refractivity contribution in [2.45, 2.75) is 25.3 Å². The van der Waals surface area contributed by atoms with Crippen molar-refractivity contribution in [1.82, 2.24) is 4.98 Å². The number of anilines is 1. The largest absolute Gasteiger partial charge is 0.377 e. The summed E-state index contributed by atoms with van der Waals surface area (Å²) in [5, 5.41) is 4.74.